The number of nitrogens with one attached hydrogen (secondary N) is 2. The number of hydrogen-bond acceptors (Lipinski definition) is 9. The highest BCUT2D eigenvalue weighted by Crippen LogP contribution is 2.59. The van der Waals surface area contributed by atoms with Crippen molar-refractivity contribution in [1.29, 1.82) is 0 Å². The largest absolute Gasteiger partial charge is 0.444 e. The van der Waals surface area contributed by atoms with Gasteiger partial charge in [0.25, 0.3) is 0 Å². The molecule has 0 bridgehead atoms. The average Bonchev–Trinajstić information content (AvgIpc) is 3.69. The van der Waals surface area contributed by atoms with Gasteiger partial charge in [-0.15, -0.1) is 0 Å². The fourth-order valence-electron chi connectivity index (χ4n) is 5.38. The lowest BCUT2D eigenvalue weighted by molar-refractivity contribution is -0.126. The minimum absolute atomic E-state index is 0.0407. The second-order valence-electron chi connectivity index (χ2n) is 12.0. The van der Waals surface area contributed by atoms with Crippen LogP contribution in [0, 0.1) is 5.92 Å². The van der Waals surface area contributed by atoms with Gasteiger partial charge in [-0.25, -0.2) is 9.59 Å². The van der Waals surface area contributed by atoms with Crippen LogP contribution in [0.5, 0.6) is 0 Å². The molecule has 0 aromatic carbocycles. The monoisotopic (exact) mass is 539 g/mol. The van der Waals surface area contributed by atoms with Crippen molar-refractivity contribution in [2.24, 2.45) is 5.92 Å². The third-order valence-corrected chi connectivity index (χ3v) is 7.31. The third kappa shape index (κ3) is 7.91. The first-order valence-corrected chi connectivity index (χ1v) is 13.3. The lowest BCUT2D eigenvalue weighted by atomic mass is 9.68. The molecule has 3 amide bonds. The summed E-state index contributed by atoms with van der Waals surface area (Å²) in [7, 11) is 3.32. The van der Waals surface area contributed by atoms with Crippen LogP contribution in [-0.4, -0.2) is 98.5 Å². The first-order valence-electron chi connectivity index (χ1n) is 13.3. The van der Waals surface area contributed by atoms with Crippen molar-refractivity contribution in [3.63, 3.8) is 0 Å². The Bertz CT molecular complexity index is 908. The van der Waals surface area contributed by atoms with Crippen molar-refractivity contribution in [3.05, 3.63) is 11.6 Å². The van der Waals surface area contributed by atoms with E-state index in [9.17, 15) is 14.4 Å². The molecule has 1 aliphatic carbocycles. The van der Waals surface area contributed by atoms with Gasteiger partial charge < -0.3 is 29.0 Å². The molecule has 11 nitrogen and oxygen atoms in total. The topological polar surface area (TPSA) is 131 Å². The Morgan fingerprint density at radius 1 is 1.18 bits per heavy atom. The molecule has 3 aliphatic rings. The Balaban J connectivity index is 1.48. The fraction of sp³-hybridized carbons (Fsp3) is 0.815. The van der Waals surface area contributed by atoms with Gasteiger partial charge in [0.05, 0.1) is 25.2 Å². The van der Waals surface area contributed by atoms with E-state index in [-0.39, 0.29) is 24.2 Å². The molecule has 0 aromatic heterocycles. The van der Waals surface area contributed by atoms with Crippen molar-refractivity contribution in [2.75, 3.05) is 40.4 Å². The number of imide groups is 1. The van der Waals surface area contributed by atoms with Crippen LogP contribution in [0.25, 0.3) is 0 Å². The smallest absolute Gasteiger partial charge is 0.414 e. The Kier molecular flexibility index (Phi) is 9.49. The molecule has 38 heavy (non-hydrogen) atoms. The number of alkyl carbamates (subject to hydrolysis) is 2. The second-order valence-corrected chi connectivity index (χ2v) is 12.0. The lowest BCUT2D eigenvalue weighted by Crippen LogP contribution is -2.56. The van der Waals surface area contributed by atoms with Crippen molar-refractivity contribution >= 4 is 18.1 Å². The number of carbonyl (C=O) groups excluding carboxylic acids is 3. The molecule has 2 aliphatic heterocycles. The van der Waals surface area contributed by atoms with Crippen LogP contribution in [0.1, 0.15) is 60.8 Å². The summed E-state index contributed by atoms with van der Waals surface area (Å²) < 4.78 is 28.9. The third-order valence-electron chi connectivity index (χ3n) is 7.31. The number of methoxy groups -OCH3 is 1. The molecular formula is C27H45N3O8. The van der Waals surface area contributed by atoms with Gasteiger partial charge in [0.15, 0.2) is 0 Å². The molecule has 4 unspecified atom stereocenters. The van der Waals surface area contributed by atoms with Crippen molar-refractivity contribution < 1.29 is 38.1 Å². The number of nitrogens with zero attached hydrogens (tertiary/aromatic N) is 1. The average molecular weight is 540 g/mol. The summed E-state index contributed by atoms with van der Waals surface area (Å²) in [5, 5.41) is 4.94. The molecule has 1 spiro atoms. The van der Waals surface area contributed by atoms with Crippen LogP contribution >= 0.6 is 0 Å². The van der Waals surface area contributed by atoms with E-state index in [2.05, 4.69) is 37.5 Å². The number of ether oxygens (including phenoxy) is 5. The van der Waals surface area contributed by atoms with Crippen molar-refractivity contribution in [1.82, 2.24) is 15.5 Å². The summed E-state index contributed by atoms with van der Waals surface area (Å²) in [4.78, 5) is 38.5. The number of carbonyl (C=O) groups is 3. The van der Waals surface area contributed by atoms with Gasteiger partial charge in [0.1, 0.15) is 29.0 Å². The quantitative estimate of drug-likeness (QED) is 0.318. The maximum atomic E-state index is 12.6. The lowest BCUT2D eigenvalue weighted by Gasteiger charge is -2.42. The van der Waals surface area contributed by atoms with Crippen molar-refractivity contribution in [3.8, 4) is 0 Å². The van der Waals surface area contributed by atoms with Gasteiger partial charge in [-0.05, 0) is 67.9 Å². The van der Waals surface area contributed by atoms with E-state index in [1.165, 1.54) is 5.57 Å². The van der Waals surface area contributed by atoms with Crippen LogP contribution in [0.2, 0.25) is 0 Å². The summed E-state index contributed by atoms with van der Waals surface area (Å²) >= 11 is 0. The number of amides is 3. The van der Waals surface area contributed by atoms with Crippen LogP contribution < -0.4 is 10.6 Å². The number of epoxide rings is 2. The standard InChI is InChI=1S/C27H45N3O8/c1-17(2)9-10-19-26(6,37-19)22-21(34-8)18(11-12-27(22)16-35-27)36-24(33)29-20(31)15-30(7)14-13-28-23(32)38-25(3,4)5/h9,18-19,21-22H,10-16H2,1-8H3,(H,28,32)(H,29,31,33)/t18?,19-,21?,22?,26?,27+/m1/s1. The molecule has 0 aromatic rings. The minimum atomic E-state index is -0.809. The maximum Gasteiger partial charge on any atom is 0.414 e. The predicted molar refractivity (Wildman–Crippen MR) is 140 cm³/mol. The first-order chi connectivity index (χ1) is 17.7. The zero-order chi connectivity index (χ0) is 28.3. The highest BCUT2D eigenvalue weighted by molar-refractivity contribution is 5.92. The maximum absolute atomic E-state index is 12.6. The summed E-state index contributed by atoms with van der Waals surface area (Å²) in [5.41, 5.74) is -0.107. The Morgan fingerprint density at radius 2 is 1.87 bits per heavy atom. The Morgan fingerprint density at radius 3 is 2.45 bits per heavy atom. The van der Waals surface area contributed by atoms with Crippen molar-refractivity contribution in [2.45, 2.75) is 95.9 Å². The SMILES string of the molecule is COC1C(OC(=O)NC(=O)CN(C)CCNC(=O)OC(C)(C)C)CC[C@]2(CO2)C1C1(C)O[C@@H]1CC=C(C)C. The molecule has 11 heteroatoms. The predicted octanol–water partition coefficient (Wildman–Crippen LogP) is 2.77. The fourth-order valence-corrected chi connectivity index (χ4v) is 5.38. The highest BCUT2D eigenvalue weighted by atomic mass is 16.6. The summed E-state index contributed by atoms with van der Waals surface area (Å²) in [6.07, 6.45) is 2.04. The molecule has 6 atom stereocenters. The van der Waals surface area contributed by atoms with Gasteiger partial charge in [-0.2, -0.15) is 0 Å². The van der Waals surface area contributed by atoms with E-state index in [0.29, 0.717) is 26.1 Å². The van der Waals surface area contributed by atoms with E-state index in [0.717, 1.165) is 12.8 Å². The van der Waals surface area contributed by atoms with Gasteiger partial charge in [0, 0.05) is 20.2 Å². The zero-order valence-electron chi connectivity index (χ0n) is 24.0. The van der Waals surface area contributed by atoms with E-state index in [1.54, 1.807) is 39.8 Å². The van der Waals surface area contributed by atoms with E-state index < -0.39 is 41.5 Å². The molecule has 0 radical (unpaired) electrons. The molecule has 3 rings (SSSR count). The van der Waals surface area contributed by atoms with E-state index >= 15 is 0 Å². The van der Waals surface area contributed by atoms with Crippen LogP contribution in [-0.2, 0) is 28.5 Å². The second kappa shape index (κ2) is 11.9. The van der Waals surface area contributed by atoms with E-state index in [1.807, 2.05) is 0 Å². The highest BCUT2D eigenvalue weighted by Gasteiger charge is 2.72. The normalized spacial score (nSPS) is 31.9. The van der Waals surface area contributed by atoms with Crippen LogP contribution in [0.3, 0.4) is 0 Å². The summed E-state index contributed by atoms with van der Waals surface area (Å²) in [6, 6.07) is 0. The molecule has 3 fully saturated rings. The molecule has 216 valence electrons. The molecular weight excluding hydrogens is 494 g/mol. The Labute approximate surface area is 225 Å². The molecule has 2 heterocycles. The molecule has 2 saturated heterocycles. The number of hydrogen-bond donors (Lipinski definition) is 2. The first kappa shape index (κ1) is 30.3. The number of allylic oxidation sites excluding steroid dienone is 1. The zero-order valence-corrected chi connectivity index (χ0v) is 24.0. The van der Waals surface area contributed by atoms with Gasteiger partial charge >= 0.3 is 12.2 Å². The summed E-state index contributed by atoms with van der Waals surface area (Å²) in [5.74, 6) is -0.598. The summed E-state index contributed by atoms with van der Waals surface area (Å²) in [6.45, 7) is 12.8. The number of likely N-dealkylation sites (N-methyl/N-ethyl adjacent to an activating group) is 1. The van der Waals surface area contributed by atoms with Gasteiger partial charge in [0.2, 0.25) is 5.91 Å². The Hall–Kier alpha value is -2.21. The number of rotatable bonds is 10. The van der Waals surface area contributed by atoms with Gasteiger partial charge in [-0.3, -0.25) is 15.0 Å². The van der Waals surface area contributed by atoms with Gasteiger partial charge in [-0.1, -0.05) is 11.6 Å². The van der Waals surface area contributed by atoms with Crippen LogP contribution in [0.4, 0.5) is 9.59 Å². The molecule has 2 N–H and O–H groups in total. The van der Waals surface area contributed by atoms with E-state index in [4.69, 9.17) is 23.7 Å². The van der Waals surface area contributed by atoms with Crippen LogP contribution in [0.15, 0.2) is 11.6 Å². The minimum Gasteiger partial charge on any atom is -0.444 e. The molecule has 1 saturated carbocycles.